The van der Waals surface area contributed by atoms with Crippen LogP contribution in [0.25, 0.3) is 10.4 Å². The number of thiazole rings is 1. The molecule has 0 spiro atoms. The van der Waals surface area contributed by atoms with Gasteiger partial charge in [-0.05, 0) is 17.7 Å². The first-order valence-electron chi connectivity index (χ1n) is 8.53. The molecule has 1 N–H and O–H groups in total. The molecule has 5 nitrogen and oxygen atoms in total. The lowest BCUT2D eigenvalue weighted by Gasteiger charge is -2.49. The van der Waals surface area contributed by atoms with Crippen molar-refractivity contribution in [1.29, 1.82) is 0 Å². The quantitative estimate of drug-likeness (QED) is 0.812. The number of halogens is 1. The van der Waals surface area contributed by atoms with Crippen LogP contribution in [0.1, 0.15) is 12.8 Å². The molecule has 7 heteroatoms. The number of aromatic nitrogens is 1. The summed E-state index contributed by atoms with van der Waals surface area (Å²) in [7, 11) is 2.25. The Hall–Kier alpha value is -1.63. The molecule has 3 saturated heterocycles. The summed E-state index contributed by atoms with van der Waals surface area (Å²) in [6.07, 6.45) is 1.86. The van der Waals surface area contributed by atoms with Crippen molar-refractivity contribution in [2.45, 2.75) is 18.9 Å². The molecule has 3 aliphatic heterocycles. The number of hydrogen-bond acceptors (Lipinski definition) is 4. The summed E-state index contributed by atoms with van der Waals surface area (Å²) >= 11 is 7.54. The molecule has 3 aliphatic rings. The number of anilines is 1. The summed E-state index contributed by atoms with van der Waals surface area (Å²) in [5, 5.41) is 3.47. The standard InChI is InChI=1S/C18H20ClN3O2S/c1-22-7-5-12(6-8-22)15(10-22)24-18(23)21-17-16(25-11-20-17)13-3-2-4-14(19)9-13/h2-4,9,11-12,15H,5-8,10H2,1H3/p+1/t12?,15-,22?/m0/s1. The van der Waals surface area contributed by atoms with Crippen molar-refractivity contribution in [3.8, 4) is 10.4 Å². The second-order valence-electron chi connectivity index (χ2n) is 7.20. The number of quaternary nitrogens is 1. The van der Waals surface area contributed by atoms with Crippen LogP contribution in [0.4, 0.5) is 10.6 Å². The summed E-state index contributed by atoms with van der Waals surface area (Å²) in [6, 6.07) is 7.53. The number of nitrogens with zero attached hydrogens (tertiary/aromatic N) is 2. The first-order chi connectivity index (χ1) is 12.0. The molecule has 1 amide bonds. The second-order valence-corrected chi connectivity index (χ2v) is 8.49. The van der Waals surface area contributed by atoms with Crippen LogP contribution in [0.3, 0.4) is 0 Å². The average molecular weight is 379 g/mol. The van der Waals surface area contributed by atoms with Crippen molar-refractivity contribution in [3.05, 3.63) is 34.8 Å². The van der Waals surface area contributed by atoms with E-state index in [1.165, 1.54) is 24.4 Å². The van der Waals surface area contributed by atoms with E-state index < -0.39 is 6.09 Å². The molecule has 4 heterocycles. The average Bonchev–Trinajstić information content (AvgIpc) is 3.03. The maximum Gasteiger partial charge on any atom is 0.413 e. The van der Waals surface area contributed by atoms with Crippen molar-refractivity contribution in [2.24, 2.45) is 5.92 Å². The van der Waals surface area contributed by atoms with Gasteiger partial charge in [0.1, 0.15) is 6.54 Å². The number of likely N-dealkylation sites (N-methyl/N-ethyl adjacent to an activating group) is 1. The highest BCUT2D eigenvalue weighted by Crippen LogP contribution is 2.35. The van der Waals surface area contributed by atoms with Gasteiger partial charge in [-0.25, -0.2) is 9.78 Å². The predicted octanol–water partition coefficient (Wildman–Crippen LogP) is 4.25. The molecule has 0 radical (unpaired) electrons. The van der Waals surface area contributed by atoms with E-state index in [0.29, 0.717) is 16.8 Å². The Bertz CT molecular complexity index is 786. The maximum absolute atomic E-state index is 12.4. The highest BCUT2D eigenvalue weighted by molar-refractivity contribution is 7.13. The van der Waals surface area contributed by atoms with Crippen LogP contribution in [0.15, 0.2) is 29.8 Å². The van der Waals surface area contributed by atoms with Gasteiger partial charge < -0.3 is 9.22 Å². The molecule has 1 aromatic carbocycles. The Morgan fingerprint density at radius 1 is 1.40 bits per heavy atom. The SMILES string of the molecule is C[N+]12CCC(CC1)[C@@H](OC(=O)Nc1ncsc1-c1cccc(Cl)c1)C2. The molecule has 0 aliphatic carbocycles. The van der Waals surface area contributed by atoms with Crippen molar-refractivity contribution in [3.63, 3.8) is 0 Å². The third-order valence-corrected chi connectivity index (χ3v) is 6.47. The maximum atomic E-state index is 12.4. The van der Waals surface area contributed by atoms with Gasteiger partial charge in [0.15, 0.2) is 11.9 Å². The van der Waals surface area contributed by atoms with Gasteiger partial charge in [-0.1, -0.05) is 23.7 Å². The van der Waals surface area contributed by atoms with Crippen LogP contribution in [0.2, 0.25) is 5.02 Å². The van der Waals surface area contributed by atoms with Crippen LogP contribution in [0.5, 0.6) is 0 Å². The third-order valence-electron chi connectivity index (χ3n) is 5.36. The summed E-state index contributed by atoms with van der Waals surface area (Å²) < 4.78 is 6.76. The van der Waals surface area contributed by atoms with E-state index in [9.17, 15) is 4.79 Å². The van der Waals surface area contributed by atoms with E-state index in [1.54, 1.807) is 5.51 Å². The molecule has 1 aromatic heterocycles. The second kappa shape index (κ2) is 6.59. The van der Waals surface area contributed by atoms with Gasteiger partial charge in [0.05, 0.1) is 30.5 Å². The fourth-order valence-corrected chi connectivity index (χ4v) is 4.85. The Balaban J connectivity index is 1.45. The zero-order chi connectivity index (χ0) is 17.4. The van der Waals surface area contributed by atoms with Crippen LogP contribution in [0, 0.1) is 5.92 Å². The Labute approximate surface area is 156 Å². The first kappa shape index (κ1) is 16.8. The number of benzene rings is 1. The van der Waals surface area contributed by atoms with Crippen LogP contribution in [-0.4, -0.2) is 48.3 Å². The van der Waals surface area contributed by atoms with Crippen LogP contribution in [-0.2, 0) is 4.74 Å². The molecule has 2 aromatic rings. The number of carbonyl (C=O) groups is 1. The van der Waals surface area contributed by atoms with Crippen molar-refractivity contribution < 1.29 is 14.0 Å². The monoisotopic (exact) mass is 378 g/mol. The van der Waals surface area contributed by atoms with Gasteiger partial charge >= 0.3 is 6.09 Å². The molecule has 5 rings (SSSR count). The van der Waals surface area contributed by atoms with Crippen LogP contribution < -0.4 is 5.32 Å². The Morgan fingerprint density at radius 3 is 2.92 bits per heavy atom. The lowest BCUT2D eigenvalue weighted by molar-refractivity contribution is -0.928. The minimum absolute atomic E-state index is 0.000699. The highest BCUT2D eigenvalue weighted by Gasteiger charge is 2.45. The molecular weight excluding hydrogens is 358 g/mol. The summed E-state index contributed by atoms with van der Waals surface area (Å²) in [4.78, 5) is 17.6. The van der Waals surface area contributed by atoms with Gasteiger partial charge in [-0.2, -0.15) is 0 Å². The molecule has 0 unspecified atom stereocenters. The van der Waals surface area contributed by atoms with E-state index in [0.717, 1.165) is 34.3 Å². The number of fused-ring (bicyclic) bond motifs is 3. The number of nitrogens with one attached hydrogen (secondary N) is 1. The zero-order valence-electron chi connectivity index (χ0n) is 14.1. The van der Waals surface area contributed by atoms with Gasteiger partial charge in [0.2, 0.25) is 0 Å². The number of ether oxygens (including phenoxy) is 1. The van der Waals surface area contributed by atoms with E-state index >= 15 is 0 Å². The third kappa shape index (κ3) is 3.52. The minimum atomic E-state index is -0.417. The highest BCUT2D eigenvalue weighted by atomic mass is 35.5. The van der Waals surface area contributed by atoms with Gasteiger partial charge in [0.25, 0.3) is 0 Å². The summed E-state index contributed by atoms with van der Waals surface area (Å²) in [6.45, 7) is 3.30. The van der Waals surface area contributed by atoms with Crippen molar-refractivity contribution in [2.75, 3.05) is 32.0 Å². The fraction of sp³-hybridized carbons (Fsp3) is 0.444. The number of piperidine rings is 3. The molecule has 1 atom stereocenters. The fourth-order valence-electron chi connectivity index (χ4n) is 3.92. The Morgan fingerprint density at radius 2 is 2.20 bits per heavy atom. The summed E-state index contributed by atoms with van der Waals surface area (Å²) in [5.74, 6) is 1.02. The van der Waals surface area contributed by atoms with Gasteiger partial charge in [-0.3, -0.25) is 5.32 Å². The van der Waals surface area contributed by atoms with Crippen molar-refractivity contribution in [1.82, 2.24) is 4.98 Å². The lowest BCUT2D eigenvalue weighted by Crippen LogP contribution is -2.62. The summed E-state index contributed by atoms with van der Waals surface area (Å²) in [5.41, 5.74) is 2.65. The number of carbonyl (C=O) groups excluding carboxylic acids is 1. The van der Waals surface area contributed by atoms with Gasteiger partial charge in [0, 0.05) is 23.8 Å². The van der Waals surface area contributed by atoms with Crippen LogP contribution >= 0.6 is 22.9 Å². The topological polar surface area (TPSA) is 51.2 Å². The zero-order valence-corrected chi connectivity index (χ0v) is 15.6. The van der Waals surface area contributed by atoms with E-state index in [1.807, 2.05) is 24.3 Å². The number of hydrogen-bond donors (Lipinski definition) is 1. The van der Waals surface area contributed by atoms with Gasteiger partial charge in [-0.15, -0.1) is 11.3 Å². The number of rotatable bonds is 3. The molecule has 3 fully saturated rings. The molecule has 2 bridgehead atoms. The predicted molar refractivity (Wildman–Crippen MR) is 100.0 cm³/mol. The molecule has 25 heavy (non-hydrogen) atoms. The van der Waals surface area contributed by atoms with Crippen molar-refractivity contribution >= 4 is 34.8 Å². The lowest BCUT2D eigenvalue weighted by atomic mass is 9.84. The van der Waals surface area contributed by atoms with E-state index in [4.69, 9.17) is 16.3 Å². The first-order valence-corrected chi connectivity index (χ1v) is 9.79. The molecule has 0 saturated carbocycles. The molecular formula is C18H21ClN3O2S+. The van der Waals surface area contributed by atoms with E-state index in [2.05, 4.69) is 17.3 Å². The minimum Gasteiger partial charge on any atom is -0.440 e. The number of amides is 1. The molecule has 132 valence electrons. The Kier molecular flexibility index (Phi) is 4.43. The largest absolute Gasteiger partial charge is 0.440 e. The normalized spacial score (nSPS) is 27.9. The smallest absolute Gasteiger partial charge is 0.413 e. The van der Waals surface area contributed by atoms with E-state index in [-0.39, 0.29) is 6.10 Å².